The predicted octanol–water partition coefficient (Wildman–Crippen LogP) is 5.32. The van der Waals surface area contributed by atoms with Gasteiger partial charge in [0.15, 0.2) is 0 Å². The second-order valence-corrected chi connectivity index (χ2v) is 8.85. The summed E-state index contributed by atoms with van der Waals surface area (Å²) < 4.78 is 0. The molecule has 6 heteroatoms. The highest BCUT2D eigenvalue weighted by Gasteiger charge is 2.28. The van der Waals surface area contributed by atoms with Gasteiger partial charge in [0.1, 0.15) is 6.04 Å². The molecule has 3 rings (SSSR count). The average Bonchev–Trinajstić information content (AvgIpc) is 3.22. The van der Waals surface area contributed by atoms with E-state index >= 15 is 0 Å². The largest absolute Gasteiger partial charge is 0.352 e. The number of carbonyl (C=O) groups excluding carboxylic acids is 2. The maximum atomic E-state index is 13.3. The summed E-state index contributed by atoms with van der Waals surface area (Å²) in [7, 11) is 0. The number of hydrogen-bond donors (Lipinski definition) is 1. The van der Waals surface area contributed by atoms with E-state index in [1.54, 1.807) is 30.0 Å². The lowest BCUT2D eigenvalue weighted by molar-refractivity contribution is -0.140. The Hall–Kier alpha value is -2.04. The second kappa shape index (κ2) is 10.3. The van der Waals surface area contributed by atoms with Gasteiger partial charge in [-0.2, -0.15) is 0 Å². The molecule has 0 radical (unpaired) electrons. The van der Waals surface area contributed by atoms with E-state index in [4.69, 9.17) is 23.2 Å². The highest BCUT2D eigenvalue weighted by Crippen LogP contribution is 2.24. The number of aryl methyl sites for hydroxylation is 1. The quantitative estimate of drug-likeness (QED) is 0.625. The van der Waals surface area contributed by atoms with Crippen LogP contribution in [0, 0.1) is 6.92 Å². The Labute approximate surface area is 188 Å². The van der Waals surface area contributed by atoms with Crippen LogP contribution in [-0.2, 0) is 22.6 Å². The van der Waals surface area contributed by atoms with Gasteiger partial charge in [-0.25, -0.2) is 0 Å². The Morgan fingerprint density at radius 2 is 1.80 bits per heavy atom. The molecule has 1 aliphatic rings. The molecule has 0 aromatic heterocycles. The Morgan fingerprint density at radius 1 is 1.10 bits per heavy atom. The molecule has 0 aliphatic heterocycles. The van der Waals surface area contributed by atoms with Crippen molar-refractivity contribution in [2.24, 2.45) is 0 Å². The molecule has 2 amide bonds. The molecule has 1 fully saturated rings. The number of nitrogens with one attached hydrogen (secondary N) is 1. The molecule has 160 valence electrons. The van der Waals surface area contributed by atoms with E-state index in [9.17, 15) is 9.59 Å². The Kier molecular flexibility index (Phi) is 7.79. The Bertz CT molecular complexity index is 910. The van der Waals surface area contributed by atoms with Crippen molar-refractivity contribution in [1.82, 2.24) is 10.2 Å². The highest BCUT2D eigenvalue weighted by molar-refractivity contribution is 6.42. The third kappa shape index (κ3) is 5.77. The molecule has 1 saturated carbocycles. The van der Waals surface area contributed by atoms with Crippen LogP contribution in [0.5, 0.6) is 0 Å². The predicted molar refractivity (Wildman–Crippen MR) is 122 cm³/mol. The lowest BCUT2D eigenvalue weighted by atomic mass is 10.1. The molecule has 0 bridgehead atoms. The first kappa shape index (κ1) is 22.6. The molecule has 0 saturated heterocycles. The minimum absolute atomic E-state index is 0.0991. The fourth-order valence-corrected chi connectivity index (χ4v) is 4.19. The molecular weight excluding hydrogens is 419 g/mol. The number of rotatable bonds is 7. The molecule has 1 atom stereocenters. The second-order valence-electron chi connectivity index (χ2n) is 8.04. The summed E-state index contributed by atoms with van der Waals surface area (Å²) in [5.41, 5.74) is 2.89. The zero-order valence-corrected chi connectivity index (χ0v) is 19.0. The van der Waals surface area contributed by atoms with Crippen LogP contribution in [0.4, 0.5) is 0 Å². The minimum Gasteiger partial charge on any atom is -0.352 e. The van der Waals surface area contributed by atoms with Crippen molar-refractivity contribution < 1.29 is 9.59 Å². The van der Waals surface area contributed by atoms with E-state index < -0.39 is 6.04 Å². The topological polar surface area (TPSA) is 49.4 Å². The van der Waals surface area contributed by atoms with Crippen molar-refractivity contribution in [3.63, 3.8) is 0 Å². The van der Waals surface area contributed by atoms with Gasteiger partial charge in [-0.15, -0.1) is 0 Å². The van der Waals surface area contributed by atoms with Crippen LogP contribution >= 0.6 is 23.2 Å². The molecular formula is C24H28Cl2N2O2. The molecule has 0 heterocycles. The molecule has 30 heavy (non-hydrogen) atoms. The smallest absolute Gasteiger partial charge is 0.242 e. The van der Waals surface area contributed by atoms with Crippen molar-refractivity contribution in [2.75, 3.05) is 0 Å². The molecule has 1 N–H and O–H groups in total. The van der Waals surface area contributed by atoms with Gasteiger partial charge in [0, 0.05) is 12.6 Å². The highest BCUT2D eigenvalue weighted by atomic mass is 35.5. The third-order valence-corrected chi connectivity index (χ3v) is 6.55. The number of carbonyl (C=O) groups is 2. The third-order valence-electron chi connectivity index (χ3n) is 5.81. The summed E-state index contributed by atoms with van der Waals surface area (Å²) >= 11 is 12.1. The summed E-state index contributed by atoms with van der Waals surface area (Å²) in [6.07, 6.45) is 4.45. The van der Waals surface area contributed by atoms with Crippen molar-refractivity contribution in [3.8, 4) is 0 Å². The summed E-state index contributed by atoms with van der Waals surface area (Å²) in [5.74, 6) is -0.219. The molecule has 1 aliphatic carbocycles. The van der Waals surface area contributed by atoms with E-state index in [2.05, 4.69) is 5.32 Å². The van der Waals surface area contributed by atoms with Gasteiger partial charge in [0.25, 0.3) is 0 Å². The van der Waals surface area contributed by atoms with Crippen molar-refractivity contribution in [3.05, 3.63) is 69.2 Å². The van der Waals surface area contributed by atoms with Gasteiger partial charge in [0.05, 0.1) is 16.5 Å². The van der Waals surface area contributed by atoms with Crippen LogP contribution in [0.15, 0.2) is 42.5 Å². The average molecular weight is 447 g/mol. The van der Waals surface area contributed by atoms with E-state index in [0.717, 1.165) is 42.4 Å². The number of hydrogen-bond acceptors (Lipinski definition) is 2. The Morgan fingerprint density at radius 3 is 2.47 bits per heavy atom. The van der Waals surface area contributed by atoms with Gasteiger partial charge >= 0.3 is 0 Å². The lowest BCUT2D eigenvalue weighted by Gasteiger charge is -2.30. The maximum Gasteiger partial charge on any atom is 0.242 e. The first-order valence-electron chi connectivity index (χ1n) is 10.4. The van der Waals surface area contributed by atoms with Crippen LogP contribution in [0.3, 0.4) is 0 Å². The molecule has 2 aromatic rings. The van der Waals surface area contributed by atoms with Crippen molar-refractivity contribution in [2.45, 2.75) is 64.6 Å². The number of nitrogens with zero attached hydrogens (tertiary/aromatic N) is 1. The van der Waals surface area contributed by atoms with Gasteiger partial charge < -0.3 is 10.2 Å². The SMILES string of the molecule is Cc1ccccc1CN(C(=O)Cc1ccc(Cl)c(Cl)c1)[C@@H](C)C(=O)NC1CCCC1. The standard InChI is InChI=1S/C24H28Cl2N2O2/c1-16-7-3-4-8-19(16)15-28(17(2)24(30)27-20-9-5-6-10-20)23(29)14-18-11-12-21(25)22(26)13-18/h3-4,7-8,11-13,17,20H,5-6,9-10,14-15H2,1-2H3,(H,27,30)/t17-/m0/s1. The van der Waals surface area contributed by atoms with Crippen LogP contribution < -0.4 is 5.32 Å². The zero-order valence-electron chi connectivity index (χ0n) is 17.5. The van der Waals surface area contributed by atoms with Gasteiger partial charge in [0.2, 0.25) is 11.8 Å². The van der Waals surface area contributed by atoms with Gasteiger partial charge in [-0.1, -0.05) is 66.4 Å². The summed E-state index contributed by atoms with van der Waals surface area (Å²) in [6.45, 7) is 4.20. The van der Waals surface area contributed by atoms with E-state index in [1.807, 2.05) is 31.2 Å². The van der Waals surface area contributed by atoms with E-state index in [0.29, 0.717) is 16.6 Å². The minimum atomic E-state index is -0.569. The number of halogens is 2. The van der Waals surface area contributed by atoms with Crippen molar-refractivity contribution >= 4 is 35.0 Å². The van der Waals surface area contributed by atoms with Gasteiger partial charge in [-0.05, 0) is 55.5 Å². The number of benzene rings is 2. The normalized spacial score (nSPS) is 15.1. The first-order valence-corrected chi connectivity index (χ1v) is 11.2. The summed E-state index contributed by atoms with van der Waals surface area (Å²) in [5, 5.41) is 3.99. The maximum absolute atomic E-state index is 13.3. The van der Waals surface area contributed by atoms with Crippen LogP contribution in [0.25, 0.3) is 0 Å². The van der Waals surface area contributed by atoms with Crippen LogP contribution in [0.1, 0.15) is 49.3 Å². The summed E-state index contributed by atoms with van der Waals surface area (Å²) in [4.78, 5) is 27.9. The summed E-state index contributed by atoms with van der Waals surface area (Å²) in [6, 6.07) is 12.8. The fraction of sp³-hybridized carbons (Fsp3) is 0.417. The monoisotopic (exact) mass is 446 g/mol. The van der Waals surface area contributed by atoms with Crippen LogP contribution in [-0.4, -0.2) is 28.8 Å². The molecule has 2 aromatic carbocycles. The Balaban J connectivity index is 1.79. The van der Waals surface area contributed by atoms with Gasteiger partial charge in [-0.3, -0.25) is 9.59 Å². The first-order chi connectivity index (χ1) is 14.3. The molecule has 4 nitrogen and oxygen atoms in total. The fourth-order valence-electron chi connectivity index (χ4n) is 3.87. The molecule has 0 spiro atoms. The van der Waals surface area contributed by atoms with E-state index in [-0.39, 0.29) is 24.3 Å². The van der Waals surface area contributed by atoms with Crippen molar-refractivity contribution in [1.29, 1.82) is 0 Å². The zero-order chi connectivity index (χ0) is 21.7. The lowest BCUT2D eigenvalue weighted by Crippen LogP contribution is -2.50. The number of amides is 2. The van der Waals surface area contributed by atoms with Crippen LogP contribution in [0.2, 0.25) is 10.0 Å². The molecule has 0 unspecified atom stereocenters. The van der Waals surface area contributed by atoms with E-state index in [1.165, 1.54) is 0 Å².